The molecule has 4 atom stereocenters. The number of nitrogens with one attached hydrogen (secondary N) is 1. The fourth-order valence-corrected chi connectivity index (χ4v) is 4.42. The molecule has 3 aliphatic rings. The summed E-state index contributed by atoms with van der Waals surface area (Å²) >= 11 is 5.85. The lowest BCUT2D eigenvalue weighted by Crippen LogP contribution is -2.39. The predicted molar refractivity (Wildman–Crippen MR) is 89.5 cm³/mol. The summed E-state index contributed by atoms with van der Waals surface area (Å²) in [5.41, 5.74) is -1.19. The standard InChI is InChI=1S/C18H14ClF3N2O3/c19-11-4-3-10(18(20,21)22)6-12(11)23-13(25)7-24-16(26)14-8-1-2-9(5-8)15(14)17(24)27/h1-4,6,8-9,14-15H,5,7H2,(H,23,25)/t8-,9+,14-,15+. The zero-order valence-corrected chi connectivity index (χ0v) is 14.6. The van der Waals surface area contributed by atoms with Crippen molar-refractivity contribution in [3.63, 3.8) is 0 Å². The molecule has 142 valence electrons. The average Bonchev–Trinajstić information content (AvgIpc) is 3.26. The van der Waals surface area contributed by atoms with Gasteiger partial charge in [-0.1, -0.05) is 23.8 Å². The topological polar surface area (TPSA) is 66.5 Å². The molecule has 3 amide bonds. The number of anilines is 1. The maximum Gasteiger partial charge on any atom is 0.416 e. The van der Waals surface area contributed by atoms with E-state index in [0.717, 1.165) is 23.5 Å². The smallest absolute Gasteiger partial charge is 0.323 e. The van der Waals surface area contributed by atoms with Crippen LogP contribution >= 0.6 is 11.6 Å². The number of carbonyl (C=O) groups is 3. The van der Waals surface area contributed by atoms with Crippen molar-refractivity contribution in [2.75, 3.05) is 11.9 Å². The van der Waals surface area contributed by atoms with Gasteiger partial charge >= 0.3 is 6.18 Å². The fourth-order valence-electron chi connectivity index (χ4n) is 4.25. The number of nitrogens with zero attached hydrogens (tertiary/aromatic N) is 1. The highest BCUT2D eigenvalue weighted by Gasteiger charge is 2.59. The van der Waals surface area contributed by atoms with Gasteiger partial charge in [0, 0.05) is 0 Å². The Labute approximate surface area is 157 Å². The largest absolute Gasteiger partial charge is 0.416 e. The van der Waals surface area contributed by atoms with Crippen LogP contribution in [-0.2, 0) is 20.6 Å². The first-order valence-corrected chi connectivity index (χ1v) is 8.75. The second kappa shape index (κ2) is 6.09. The number of carbonyl (C=O) groups excluding carboxylic acids is 3. The molecule has 2 fully saturated rings. The van der Waals surface area contributed by atoms with E-state index in [1.807, 2.05) is 12.2 Å². The monoisotopic (exact) mass is 398 g/mol. The third-order valence-electron chi connectivity index (χ3n) is 5.43. The number of amides is 3. The van der Waals surface area contributed by atoms with Gasteiger partial charge in [0.2, 0.25) is 17.7 Å². The first kappa shape index (κ1) is 18.0. The zero-order chi connectivity index (χ0) is 19.5. The number of alkyl halides is 3. The van der Waals surface area contributed by atoms with E-state index in [4.69, 9.17) is 11.6 Å². The first-order chi connectivity index (χ1) is 12.7. The third-order valence-corrected chi connectivity index (χ3v) is 5.76. The van der Waals surface area contributed by atoms with Crippen molar-refractivity contribution in [3.8, 4) is 0 Å². The van der Waals surface area contributed by atoms with Gasteiger partial charge in [-0.15, -0.1) is 0 Å². The molecule has 9 heteroatoms. The lowest BCUT2D eigenvalue weighted by Gasteiger charge is -2.17. The van der Waals surface area contributed by atoms with E-state index < -0.39 is 47.8 Å². The summed E-state index contributed by atoms with van der Waals surface area (Å²) in [5, 5.41) is 2.19. The van der Waals surface area contributed by atoms with Crippen LogP contribution in [0.4, 0.5) is 18.9 Å². The van der Waals surface area contributed by atoms with Crippen molar-refractivity contribution in [1.29, 1.82) is 0 Å². The van der Waals surface area contributed by atoms with Crippen LogP contribution in [0.25, 0.3) is 0 Å². The SMILES string of the molecule is O=C(CN1C(=O)[C@@H]2[C@H](C1=O)[C@@H]1C=C[C@H]2C1)Nc1cc(C(F)(F)F)ccc1Cl. The van der Waals surface area contributed by atoms with Crippen molar-refractivity contribution < 1.29 is 27.6 Å². The second-order valence-electron chi connectivity index (χ2n) is 7.00. The van der Waals surface area contributed by atoms with Crippen LogP contribution in [0.3, 0.4) is 0 Å². The molecule has 1 saturated heterocycles. The van der Waals surface area contributed by atoms with E-state index in [1.165, 1.54) is 0 Å². The molecule has 0 aromatic heterocycles. The minimum atomic E-state index is -4.59. The number of imide groups is 1. The summed E-state index contributed by atoms with van der Waals surface area (Å²) in [6, 6.07) is 2.54. The maximum absolute atomic E-state index is 12.8. The van der Waals surface area contributed by atoms with Crippen LogP contribution in [0.15, 0.2) is 30.4 Å². The number of fused-ring (bicyclic) bond motifs is 5. The van der Waals surface area contributed by atoms with E-state index in [0.29, 0.717) is 6.07 Å². The van der Waals surface area contributed by atoms with Gasteiger partial charge < -0.3 is 5.32 Å². The van der Waals surface area contributed by atoms with Crippen LogP contribution in [0, 0.1) is 23.7 Å². The highest BCUT2D eigenvalue weighted by Crippen LogP contribution is 2.52. The Balaban J connectivity index is 1.48. The van der Waals surface area contributed by atoms with Crippen molar-refractivity contribution in [1.82, 2.24) is 4.90 Å². The normalized spacial score (nSPS) is 28.8. The van der Waals surface area contributed by atoms with E-state index in [9.17, 15) is 27.6 Å². The van der Waals surface area contributed by atoms with Gasteiger partial charge in [-0.3, -0.25) is 19.3 Å². The number of hydrogen-bond donors (Lipinski definition) is 1. The molecule has 0 radical (unpaired) electrons. The molecule has 1 heterocycles. The molecule has 2 bridgehead atoms. The lowest BCUT2D eigenvalue weighted by atomic mass is 9.85. The fraction of sp³-hybridized carbons (Fsp3) is 0.389. The molecule has 5 nitrogen and oxygen atoms in total. The number of likely N-dealkylation sites (tertiary alicyclic amines) is 1. The minimum absolute atomic E-state index is 0.0161. The Morgan fingerprint density at radius 3 is 2.30 bits per heavy atom. The number of allylic oxidation sites excluding steroid dienone is 2. The van der Waals surface area contributed by atoms with Gasteiger partial charge in [-0.05, 0) is 36.5 Å². The van der Waals surface area contributed by atoms with Gasteiger partial charge in [0.05, 0.1) is 28.1 Å². The molecule has 0 unspecified atom stereocenters. The van der Waals surface area contributed by atoms with E-state index >= 15 is 0 Å². The summed E-state index contributed by atoms with van der Waals surface area (Å²) < 4.78 is 38.5. The molecule has 1 saturated carbocycles. The molecular weight excluding hydrogens is 385 g/mol. The van der Waals surface area contributed by atoms with E-state index in [-0.39, 0.29) is 22.5 Å². The van der Waals surface area contributed by atoms with Crippen molar-refractivity contribution >= 4 is 35.0 Å². The summed E-state index contributed by atoms with van der Waals surface area (Å²) in [6.07, 6.45) is 0.0490. The summed E-state index contributed by atoms with van der Waals surface area (Å²) in [5.74, 6) is -2.41. The van der Waals surface area contributed by atoms with Gasteiger partial charge in [0.1, 0.15) is 6.54 Å². The third kappa shape index (κ3) is 2.92. The average molecular weight is 399 g/mol. The number of hydrogen-bond acceptors (Lipinski definition) is 3. The van der Waals surface area contributed by atoms with Crippen LogP contribution < -0.4 is 5.32 Å². The summed E-state index contributed by atoms with van der Waals surface area (Å²) in [4.78, 5) is 38.2. The Hall–Kier alpha value is -2.35. The van der Waals surface area contributed by atoms with E-state index in [1.54, 1.807) is 0 Å². The minimum Gasteiger partial charge on any atom is -0.323 e. The number of halogens is 4. The highest BCUT2D eigenvalue weighted by molar-refractivity contribution is 6.33. The number of rotatable bonds is 3. The van der Waals surface area contributed by atoms with Gasteiger partial charge in [-0.25, -0.2) is 0 Å². The lowest BCUT2D eigenvalue weighted by molar-refractivity contribution is -0.143. The molecule has 0 spiro atoms. The van der Waals surface area contributed by atoms with Gasteiger partial charge in [0.25, 0.3) is 0 Å². The Bertz CT molecular complexity index is 853. The predicted octanol–water partition coefficient (Wildman–Crippen LogP) is 3.10. The van der Waals surface area contributed by atoms with Crippen LogP contribution in [-0.4, -0.2) is 29.2 Å². The van der Waals surface area contributed by atoms with Crippen molar-refractivity contribution in [2.45, 2.75) is 12.6 Å². The number of benzene rings is 1. The molecule has 1 aliphatic heterocycles. The molecule has 27 heavy (non-hydrogen) atoms. The Kier molecular flexibility index (Phi) is 4.06. The Morgan fingerprint density at radius 1 is 1.15 bits per heavy atom. The van der Waals surface area contributed by atoms with Crippen molar-refractivity contribution in [3.05, 3.63) is 40.9 Å². The molecule has 4 rings (SSSR count). The Morgan fingerprint density at radius 2 is 1.74 bits per heavy atom. The second-order valence-corrected chi connectivity index (χ2v) is 7.41. The van der Waals surface area contributed by atoms with Gasteiger partial charge in [0.15, 0.2) is 0 Å². The first-order valence-electron chi connectivity index (χ1n) is 8.37. The van der Waals surface area contributed by atoms with Gasteiger partial charge in [-0.2, -0.15) is 13.2 Å². The van der Waals surface area contributed by atoms with Crippen LogP contribution in [0.1, 0.15) is 12.0 Å². The summed E-state index contributed by atoms with van der Waals surface area (Å²) in [6.45, 7) is -0.545. The summed E-state index contributed by atoms with van der Waals surface area (Å²) in [7, 11) is 0. The van der Waals surface area contributed by atoms with Crippen molar-refractivity contribution in [2.24, 2.45) is 23.7 Å². The molecule has 1 aromatic carbocycles. The highest BCUT2D eigenvalue weighted by atomic mass is 35.5. The molecular formula is C18H14ClF3N2O3. The molecule has 2 aliphatic carbocycles. The van der Waals surface area contributed by atoms with E-state index in [2.05, 4.69) is 5.32 Å². The quantitative estimate of drug-likeness (QED) is 0.628. The molecule has 1 N–H and O–H groups in total. The zero-order valence-electron chi connectivity index (χ0n) is 13.8. The van der Waals surface area contributed by atoms with Crippen LogP contribution in [0.2, 0.25) is 5.02 Å². The maximum atomic E-state index is 12.8. The molecule has 1 aromatic rings. The van der Waals surface area contributed by atoms with Crippen LogP contribution in [0.5, 0.6) is 0 Å².